The lowest BCUT2D eigenvalue weighted by molar-refractivity contribution is 0.192. The van der Waals surface area contributed by atoms with E-state index in [-0.39, 0.29) is 0 Å². The van der Waals surface area contributed by atoms with Crippen molar-refractivity contribution in [1.82, 2.24) is 5.32 Å². The molecule has 15 heavy (non-hydrogen) atoms. The van der Waals surface area contributed by atoms with Crippen LogP contribution in [-0.2, 0) is 4.74 Å². The van der Waals surface area contributed by atoms with Crippen molar-refractivity contribution < 1.29 is 4.74 Å². The second-order valence-corrected chi connectivity index (χ2v) is 4.77. The summed E-state index contributed by atoms with van der Waals surface area (Å²) >= 11 is 0. The topological polar surface area (TPSA) is 21.3 Å². The minimum absolute atomic E-state index is 0.687. The Morgan fingerprint density at radius 3 is 2.47 bits per heavy atom. The van der Waals surface area contributed by atoms with Gasteiger partial charge >= 0.3 is 0 Å². The summed E-state index contributed by atoms with van der Waals surface area (Å²) in [5.74, 6) is 0.784. The first-order valence-corrected chi connectivity index (χ1v) is 6.43. The molecule has 0 spiro atoms. The Morgan fingerprint density at radius 2 is 1.93 bits per heavy atom. The first-order chi connectivity index (χ1) is 7.20. The number of rotatable bonds is 10. The summed E-state index contributed by atoms with van der Waals surface area (Å²) in [5, 5.41) is 3.59. The summed E-state index contributed by atoms with van der Waals surface area (Å²) in [4.78, 5) is 0. The third-order valence-corrected chi connectivity index (χ3v) is 2.65. The zero-order chi connectivity index (χ0) is 11.5. The molecule has 0 aliphatic heterocycles. The molecule has 1 atom stereocenters. The third-order valence-electron chi connectivity index (χ3n) is 2.65. The standard InChI is InChI=1S/C13H29NO/c1-5-6-7-8-13(11-12(2)3)14-9-10-15-4/h12-14H,5-11H2,1-4H3. The fourth-order valence-corrected chi connectivity index (χ4v) is 1.88. The molecule has 0 aromatic carbocycles. The van der Waals surface area contributed by atoms with Crippen molar-refractivity contribution >= 4 is 0 Å². The van der Waals surface area contributed by atoms with Crippen LogP contribution in [0.1, 0.15) is 52.9 Å². The van der Waals surface area contributed by atoms with Crippen molar-refractivity contribution in [1.29, 1.82) is 0 Å². The molecule has 1 unspecified atom stereocenters. The van der Waals surface area contributed by atoms with Gasteiger partial charge < -0.3 is 10.1 Å². The van der Waals surface area contributed by atoms with Gasteiger partial charge in [-0.3, -0.25) is 0 Å². The van der Waals surface area contributed by atoms with E-state index in [2.05, 4.69) is 26.1 Å². The molecule has 1 N–H and O–H groups in total. The minimum Gasteiger partial charge on any atom is -0.383 e. The van der Waals surface area contributed by atoms with Crippen molar-refractivity contribution in [3.05, 3.63) is 0 Å². The largest absolute Gasteiger partial charge is 0.383 e. The predicted molar refractivity (Wildman–Crippen MR) is 67.3 cm³/mol. The van der Waals surface area contributed by atoms with E-state index in [0.29, 0.717) is 6.04 Å². The highest BCUT2D eigenvalue weighted by atomic mass is 16.5. The summed E-state index contributed by atoms with van der Waals surface area (Å²) < 4.78 is 5.06. The predicted octanol–water partition coefficient (Wildman–Crippen LogP) is 3.22. The Morgan fingerprint density at radius 1 is 1.20 bits per heavy atom. The fraction of sp³-hybridized carbons (Fsp3) is 1.00. The molecule has 0 aliphatic carbocycles. The highest BCUT2D eigenvalue weighted by Crippen LogP contribution is 2.11. The maximum atomic E-state index is 5.06. The third kappa shape index (κ3) is 10.2. The zero-order valence-electron chi connectivity index (χ0n) is 11.0. The van der Waals surface area contributed by atoms with Crippen molar-refractivity contribution in [2.24, 2.45) is 5.92 Å². The average molecular weight is 215 g/mol. The fourth-order valence-electron chi connectivity index (χ4n) is 1.88. The molecule has 0 aromatic rings. The molecule has 0 fully saturated rings. The lowest BCUT2D eigenvalue weighted by Crippen LogP contribution is -2.33. The molecule has 92 valence electrons. The van der Waals surface area contributed by atoms with Crippen molar-refractivity contribution in [3.63, 3.8) is 0 Å². The van der Waals surface area contributed by atoms with Crippen molar-refractivity contribution in [2.45, 2.75) is 58.9 Å². The van der Waals surface area contributed by atoms with Gasteiger partial charge in [-0.05, 0) is 18.8 Å². The van der Waals surface area contributed by atoms with Crippen LogP contribution in [0.25, 0.3) is 0 Å². The van der Waals surface area contributed by atoms with E-state index in [9.17, 15) is 0 Å². The Kier molecular flexibility index (Phi) is 10.4. The molecule has 0 radical (unpaired) electrons. The molecule has 0 rings (SSSR count). The zero-order valence-corrected chi connectivity index (χ0v) is 11.0. The number of methoxy groups -OCH3 is 1. The average Bonchev–Trinajstić information content (AvgIpc) is 2.17. The van der Waals surface area contributed by atoms with E-state index in [0.717, 1.165) is 19.1 Å². The number of hydrogen-bond acceptors (Lipinski definition) is 2. The minimum atomic E-state index is 0.687. The molecule has 0 aliphatic rings. The normalized spacial score (nSPS) is 13.4. The van der Waals surface area contributed by atoms with Crippen LogP contribution in [0.15, 0.2) is 0 Å². The van der Waals surface area contributed by atoms with Gasteiger partial charge in [0.2, 0.25) is 0 Å². The maximum absolute atomic E-state index is 5.06. The Hall–Kier alpha value is -0.0800. The van der Waals surface area contributed by atoms with Crippen molar-refractivity contribution in [3.8, 4) is 0 Å². The summed E-state index contributed by atoms with van der Waals surface area (Å²) in [7, 11) is 1.76. The smallest absolute Gasteiger partial charge is 0.0587 e. The van der Waals surface area contributed by atoms with Gasteiger partial charge in [-0.15, -0.1) is 0 Å². The van der Waals surface area contributed by atoms with E-state index in [4.69, 9.17) is 4.74 Å². The van der Waals surface area contributed by atoms with Crippen LogP contribution in [0.4, 0.5) is 0 Å². The number of unbranched alkanes of at least 4 members (excludes halogenated alkanes) is 2. The van der Waals surface area contributed by atoms with E-state index in [1.807, 2.05) is 0 Å². The summed E-state index contributed by atoms with van der Waals surface area (Å²) in [6.45, 7) is 8.66. The first-order valence-electron chi connectivity index (χ1n) is 6.43. The molecule has 2 heteroatoms. The second-order valence-electron chi connectivity index (χ2n) is 4.77. The molecule has 0 aromatic heterocycles. The van der Waals surface area contributed by atoms with Crippen LogP contribution < -0.4 is 5.32 Å². The van der Waals surface area contributed by atoms with Crippen LogP contribution in [0, 0.1) is 5.92 Å². The molecular formula is C13H29NO. The first kappa shape index (κ1) is 14.9. The van der Waals surface area contributed by atoms with E-state index in [1.54, 1.807) is 7.11 Å². The molecule has 0 heterocycles. The van der Waals surface area contributed by atoms with Gasteiger partial charge in [0.25, 0.3) is 0 Å². The summed E-state index contributed by atoms with van der Waals surface area (Å²) in [5.41, 5.74) is 0. The maximum Gasteiger partial charge on any atom is 0.0587 e. The van der Waals surface area contributed by atoms with Gasteiger partial charge in [-0.2, -0.15) is 0 Å². The van der Waals surface area contributed by atoms with Gasteiger partial charge in [0.15, 0.2) is 0 Å². The second kappa shape index (κ2) is 10.4. The van der Waals surface area contributed by atoms with E-state index >= 15 is 0 Å². The van der Waals surface area contributed by atoms with Crippen LogP contribution in [0.2, 0.25) is 0 Å². The molecule has 2 nitrogen and oxygen atoms in total. The van der Waals surface area contributed by atoms with Crippen LogP contribution >= 0.6 is 0 Å². The number of ether oxygens (including phenoxy) is 1. The van der Waals surface area contributed by atoms with Crippen LogP contribution in [0.5, 0.6) is 0 Å². The van der Waals surface area contributed by atoms with Crippen LogP contribution in [-0.4, -0.2) is 26.3 Å². The highest BCUT2D eigenvalue weighted by molar-refractivity contribution is 4.68. The SMILES string of the molecule is CCCCCC(CC(C)C)NCCOC. The van der Waals surface area contributed by atoms with Gasteiger partial charge in [0, 0.05) is 19.7 Å². The van der Waals surface area contributed by atoms with E-state index < -0.39 is 0 Å². The molecule has 0 saturated carbocycles. The van der Waals surface area contributed by atoms with Gasteiger partial charge in [0.05, 0.1) is 6.61 Å². The Labute approximate surface area is 95.8 Å². The molecule has 0 amide bonds. The van der Waals surface area contributed by atoms with Crippen LogP contribution in [0.3, 0.4) is 0 Å². The monoisotopic (exact) mass is 215 g/mol. The quantitative estimate of drug-likeness (QED) is 0.565. The van der Waals surface area contributed by atoms with Crippen molar-refractivity contribution in [2.75, 3.05) is 20.3 Å². The molecule has 0 saturated heterocycles. The summed E-state index contributed by atoms with van der Waals surface area (Å²) in [6, 6.07) is 0.687. The molecular weight excluding hydrogens is 186 g/mol. The number of hydrogen-bond donors (Lipinski definition) is 1. The van der Waals surface area contributed by atoms with E-state index in [1.165, 1.54) is 32.1 Å². The van der Waals surface area contributed by atoms with Gasteiger partial charge in [-0.25, -0.2) is 0 Å². The lowest BCUT2D eigenvalue weighted by atomic mass is 9.98. The van der Waals surface area contributed by atoms with Gasteiger partial charge in [0.1, 0.15) is 0 Å². The number of nitrogens with one attached hydrogen (secondary N) is 1. The molecule has 0 bridgehead atoms. The lowest BCUT2D eigenvalue weighted by Gasteiger charge is -2.20. The van der Waals surface area contributed by atoms with Gasteiger partial charge in [-0.1, -0.05) is 40.0 Å². The highest BCUT2D eigenvalue weighted by Gasteiger charge is 2.09. The Bertz CT molecular complexity index is 116. The Balaban J connectivity index is 3.63. The summed E-state index contributed by atoms with van der Waals surface area (Å²) in [6.07, 6.45) is 6.63.